The van der Waals surface area contributed by atoms with Crippen LogP contribution in [0.3, 0.4) is 0 Å². The zero-order valence-electron chi connectivity index (χ0n) is 13.9. The third kappa shape index (κ3) is 2.98. The van der Waals surface area contributed by atoms with Gasteiger partial charge in [0.15, 0.2) is 0 Å². The van der Waals surface area contributed by atoms with Crippen LogP contribution in [0.15, 0.2) is 65.3 Å². The minimum atomic E-state index is -4.40. The molecule has 2 aromatic carbocycles. The van der Waals surface area contributed by atoms with Gasteiger partial charge >= 0.3 is 6.18 Å². The van der Waals surface area contributed by atoms with Crippen molar-refractivity contribution in [3.8, 4) is 11.4 Å². The molecule has 0 aliphatic carbocycles. The third-order valence-corrected chi connectivity index (χ3v) is 4.25. The molecule has 0 bridgehead atoms. The molecule has 4 aromatic rings. The largest absolute Gasteiger partial charge is 0.467 e. The molecule has 0 N–H and O–H groups in total. The van der Waals surface area contributed by atoms with E-state index in [1.165, 1.54) is 6.07 Å². The number of fused-ring (bicyclic) bond motifs is 1. The number of benzene rings is 2. The quantitative estimate of drug-likeness (QED) is 0.473. The normalized spacial score (nSPS) is 12.0. The van der Waals surface area contributed by atoms with Gasteiger partial charge in [0.05, 0.1) is 29.4 Å². The standard InChI is InChI=1S/C20H15F3N2O/c1-13-4-2-5-14(10-13)19-24-17-11-15(20(21,22)23)7-8-18(17)25(19)12-16-6-3-9-26-16/h2-11H,12H2,1H3. The highest BCUT2D eigenvalue weighted by molar-refractivity contribution is 5.81. The Morgan fingerprint density at radius 3 is 2.58 bits per heavy atom. The van der Waals surface area contributed by atoms with E-state index in [2.05, 4.69) is 4.98 Å². The van der Waals surface area contributed by atoms with Gasteiger partial charge in [-0.25, -0.2) is 4.98 Å². The Bertz CT molecular complexity index is 1060. The topological polar surface area (TPSA) is 31.0 Å². The number of aromatic nitrogens is 2. The van der Waals surface area contributed by atoms with Gasteiger partial charge < -0.3 is 8.98 Å². The summed E-state index contributed by atoms with van der Waals surface area (Å²) in [6, 6.07) is 15.0. The first-order valence-electron chi connectivity index (χ1n) is 8.09. The van der Waals surface area contributed by atoms with E-state index in [0.717, 1.165) is 23.3 Å². The molecule has 0 aliphatic rings. The van der Waals surface area contributed by atoms with E-state index in [9.17, 15) is 13.2 Å². The van der Waals surface area contributed by atoms with Crippen LogP contribution in [0.4, 0.5) is 13.2 Å². The number of aryl methyl sites for hydroxylation is 1. The van der Waals surface area contributed by atoms with Crippen molar-refractivity contribution in [2.45, 2.75) is 19.6 Å². The second-order valence-corrected chi connectivity index (χ2v) is 6.17. The minimum absolute atomic E-state index is 0.308. The van der Waals surface area contributed by atoms with Crippen molar-refractivity contribution < 1.29 is 17.6 Å². The summed E-state index contributed by atoms with van der Waals surface area (Å²) >= 11 is 0. The molecule has 0 unspecified atom stereocenters. The Kier molecular flexibility index (Phi) is 3.83. The number of hydrogen-bond acceptors (Lipinski definition) is 2. The fourth-order valence-corrected chi connectivity index (χ4v) is 3.03. The number of furan rings is 1. The molecule has 2 heterocycles. The molecule has 0 radical (unpaired) electrons. The van der Waals surface area contributed by atoms with Gasteiger partial charge in [-0.1, -0.05) is 23.8 Å². The average Bonchev–Trinajstić information content (AvgIpc) is 3.22. The number of rotatable bonds is 3. The third-order valence-electron chi connectivity index (χ3n) is 4.25. The van der Waals surface area contributed by atoms with Crippen LogP contribution >= 0.6 is 0 Å². The first kappa shape index (κ1) is 16.4. The molecule has 132 valence electrons. The summed E-state index contributed by atoms with van der Waals surface area (Å²) in [5.41, 5.74) is 2.13. The number of hydrogen-bond donors (Lipinski definition) is 0. The predicted molar refractivity (Wildman–Crippen MR) is 92.7 cm³/mol. The van der Waals surface area contributed by atoms with Crippen LogP contribution in [0.1, 0.15) is 16.9 Å². The number of alkyl halides is 3. The molecule has 0 saturated carbocycles. The van der Waals surface area contributed by atoms with E-state index >= 15 is 0 Å². The highest BCUT2D eigenvalue weighted by atomic mass is 19.4. The number of imidazole rings is 1. The van der Waals surface area contributed by atoms with Gasteiger partial charge in [-0.05, 0) is 43.3 Å². The van der Waals surface area contributed by atoms with Gasteiger partial charge in [0, 0.05) is 5.56 Å². The molecule has 0 saturated heterocycles. The van der Waals surface area contributed by atoms with Crippen molar-refractivity contribution in [3.63, 3.8) is 0 Å². The molecule has 0 fully saturated rings. The van der Waals surface area contributed by atoms with Gasteiger partial charge in [-0.2, -0.15) is 13.2 Å². The van der Waals surface area contributed by atoms with E-state index in [1.807, 2.05) is 41.8 Å². The first-order valence-corrected chi connectivity index (χ1v) is 8.09. The smallest absolute Gasteiger partial charge is 0.416 e. The van der Waals surface area contributed by atoms with Crippen LogP contribution in [0.5, 0.6) is 0 Å². The van der Waals surface area contributed by atoms with Crippen molar-refractivity contribution in [2.75, 3.05) is 0 Å². The average molecular weight is 356 g/mol. The molecule has 4 rings (SSSR count). The van der Waals surface area contributed by atoms with Crippen molar-refractivity contribution in [1.29, 1.82) is 0 Å². The van der Waals surface area contributed by atoms with E-state index in [4.69, 9.17) is 4.42 Å². The van der Waals surface area contributed by atoms with Gasteiger partial charge in [0.2, 0.25) is 0 Å². The lowest BCUT2D eigenvalue weighted by Gasteiger charge is -2.09. The summed E-state index contributed by atoms with van der Waals surface area (Å²) in [4.78, 5) is 4.50. The molecule has 0 aliphatic heterocycles. The Morgan fingerprint density at radius 2 is 1.88 bits per heavy atom. The Hall–Kier alpha value is -3.02. The van der Waals surface area contributed by atoms with Crippen LogP contribution in [-0.4, -0.2) is 9.55 Å². The maximum atomic E-state index is 13.1. The molecular weight excluding hydrogens is 341 g/mol. The Labute approximate surface area is 147 Å². The summed E-state index contributed by atoms with van der Waals surface area (Å²) in [5, 5.41) is 0. The fraction of sp³-hybridized carbons (Fsp3) is 0.150. The Morgan fingerprint density at radius 1 is 1.04 bits per heavy atom. The van der Waals surface area contributed by atoms with Crippen LogP contribution in [0, 0.1) is 6.92 Å². The zero-order chi connectivity index (χ0) is 18.3. The fourth-order valence-electron chi connectivity index (χ4n) is 3.03. The molecule has 26 heavy (non-hydrogen) atoms. The lowest BCUT2D eigenvalue weighted by Crippen LogP contribution is -2.05. The van der Waals surface area contributed by atoms with Gasteiger partial charge in [0.25, 0.3) is 0 Å². The van der Waals surface area contributed by atoms with Crippen molar-refractivity contribution in [3.05, 3.63) is 77.7 Å². The van der Waals surface area contributed by atoms with Crippen LogP contribution in [0.25, 0.3) is 22.4 Å². The van der Waals surface area contributed by atoms with E-state index < -0.39 is 11.7 Å². The molecular formula is C20H15F3N2O. The van der Waals surface area contributed by atoms with Gasteiger partial charge in [0.1, 0.15) is 11.6 Å². The highest BCUT2D eigenvalue weighted by Crippen LogP contribution is 2.33. The van der Waals surface area contributed by atoms with Gasteiger partial charge in [-0.15, -0.1) is 0 Å². The molecule has 2 aromatic heterocycles. The predicted octanol–water partition coefficient (Wildman–Crippen LogP) is 5.67. The van der Waals surface area contributed by atoms with Crippen molar-refractivity contribution >= 4 is 11.0 Å². The van der Waals surface area contributed by atoms with Crippen LogP contribution in [0.2, 0.25) is 0 Å². The van der Waals surface area contributed by atoms with E-state index in [0.29, 0.717) is 29.2 Å². The van der Waals surface area contributed by atoms with Crippen LogP contribution < -0.4 is 0 Å². The minimum Gasteiger partial charge on any atom is -0.467 e. The Balaban J connectivity index is 1.93. The summed E-state index contributed by atoms with van der Waals surface area (Å²) in [7, 11) is 0. The maximum Gasteiger partial charge on any atom is 0.416 e. The monoisotopic (exact) mass is 356 g/mol. The molecule has 0 amide bonds. The number of nitrogens with zero attached hydrogens (tertiary/aromatic N) is 2. The second kappa shape index (κ2) is 6.05. The first-order chi connectivity index (χ1) is 12.4. The van der Waals surface area contributed by atoms with E-state index in [1.54, 1.807) is 12.3 Å². The second-order valence-electron chi connectivity index (χ2n) is 6.17. The number of halogens is 3. The molecule has 0 spiro atoms. The van der Waals surface area contributed by atoms with Crippen molar-refractivity contribution in [1.82, 2.24) is 9.55 Å². The SMILES string of the molecule is Cc1cccc(-c2nc3cc(C(F)(F)F)ccc3n2Cc2ccco2)c1. The summed E-state index contributed by atoms with van der Waals surface area (Å²) in [5.74, 6) is 1.32. The van der Waals surface area contributed by atoms with Gasteiger partial charge in [-0.3, -0.25) is 0 Å². The summed E-state index contributed by atoms with van der Waals surface area (Å²) in [6.07, 6.45) is -2.83. The molecule has 6 heteroatoms. The van der Waals surface area contributed by atoms with Crippen LogP contribution in [-0.2, 0) is 12.7 Å². The lowest BCUT2D eigenvalue weighted by atomic mass is 10.1. The summed E-state index contributed by atoms with van der Waals surface area (Å²) < 4.78 is 46.5. The molecule has 3 nitrogen and oxygen atoms in total. The summed E-state index contributed by atoms with van der Waals surface area (Å²) in [6.45, 7) is 2.35. The maximum absolute atomic E-state index is 13.1. The zero-order valence-corrected chi connectivity index (χ0v) is 13.9. The van der Waals surface area contributed by atoms with Crippen molar-refractivity contribution in [2.24, 2.45) is 0 Å². The highest BCUT2D eigenvalue weighted by Gasteiger charge is 2.31. The van der Waals surface area contributed by atoms with E-state index in [-0.39, 0.29) is 0 Å². The lowest BCUT2D eigenvalue weighted by molar-refractivity contribution is -0.137. The molecule has 0 atom stereocenters.